The standard InChI is InChI=1S/C8H7BrF3NO/c9-6-1-4(8(10,11)12)2-7(13)5(6)3-14/h1-2,14H,3,13H2. The summed E-state index contributed by atoms with van der Waals surface area (Å²) in [6.07, 6.45) is -4.43. The minimum atomic E-state index is -4.43. The summed E-state index contributed by atoms with van der Waals surface area (Å²) in [6, 6.07) is 1.69. The van der Waals surface area contributed by atoms with Gasteiger partial charge in [-0.2, -0.15) is 13.2 Å². The van der Waals surface area contributed by atoms with E-state index in [-0.39, 0.29) is 15.7 Å². The van der Waals surface area contributed by atoms with Crippen LogP contribution >= 0.6 is 15.9 Å². The van der Waals surface area contributed by atoms with Crippen molar-refractivity contribution in [2.75, 3.05) is 5.73 Å². The summed E-state index contributed by atoms with van der Waals surface area (Å²) in [7, 11) is 0. The number of alkyl halides is 3. The molecule has 0 amide bonds. The molecule has 3 N–H and O–H groups in total. The number of halogens is 4. The van der Waals surface area contributed by atoms with Crippen LogP contribution in [0.25, 0.3) is 0 Å². The van der Waals surface area contributed by atoms with Gasteiger partial charge in [-0.1, -0.05) is 15.9 Å². The molecule has 0 aliphatic rings. The third-order valence-corrected chi connectivity index (χ3v) is 2.42. The summed E-state index contributed by atoms with van der Waals surface area (Å²) < 4.78 is 36.9. The average Bonchev–Trinajstić information content (AvgIpc) is 2.01. The van der Waals surface area contributed by atoms with E-state index in [0.717, 1.165) is 12.1 Å². The molecule has 14 heavy (non-hydrogen) atoms. The van der Waals surface area contributed by atoms with Gasteiger partial charge in [-0.25, -0.2) is 0 Å². The van der Waals surface area contributed by atoms with E-state index in [1.54, 1.807) is 0 Å². The van der Waals surface area contributed by atoms with E-state index in [1.807, 2.05) is 0 Å². The molecule has 0 saturated heterocycles. The van der Waals surface area contributed by atoms with Crippen LogP contribution in [0.4, 0.5) is 18.9 Å². The van der Waals surface area contributed by atoms with Crippen molar-refractivity contribution in [2.24, 2.45) is 0 Å². The molecule has 0 aromatic heterocycles. The Labute approximate surface area is 86.7 Å². The number of nitrogens with two attached hydrogens (primary N) is 1. The summed E-state index contributed by atoms with van der Waals surface area (Å²) >= 11 is 2.91. The maximum atomic E-state index is 12.2. The predicted molar refractivity (Wildman–Crippen MR) is 49.5 cm³/mol. The van der Waals surface area contributed by atoms with E-state index in [0.29, 0.717) is 0 Å². The van der Waals surface area contributed by atoms with Gasteiger partial charge >= 0.3 is 6.18 Å². The van der Waals surface area contributed by atoms with E-state index in [4.69, 9.17) is 10.8 Å². The Kier molecular flexibility index (Phi) is 3.06. The van der Waals surface area contributed by atoms with Crippen molar-refractivity contribution in [1.82, 2.24) is 0 Å². The fourth-order valence-electron chi connectivity index (χ4n) is 0.988. The molecule has 0 aliphatic heterocycles. The zero-order valence-electron chi connectivity index (χ0n) is 6.90. The molecule has 0 atom stereocenters. The Morgan fingerprint density at radius 1 is 1.36 bits per heavy atom. The van der Waals surface area contributed by atoms with Crippen LogP contribution in [0.3, 0.4) is 0 Å². The average molecular weight is 270 g/mol. The van der Waals surface area contributed by atoms with Crippen LogP contribution in [0, 0.1) is 0 Å². The maximum absolute atomic E-state index is 12.2. The maximum Gasteiger partial charge on any atom is 0.416 e. The first kappa shape index (κ1) is 11.3. The summed E-state index contributed by atoms with van der Waals surface area (Å²) in [5.74, 6) is 0. The topological polar surface area (TPSA) is 46.2 Å². The smallest absolute Gasteiger partial charge is 0.398 e. The van der Waals surface area contributed by atoms with Gasteiger partial charge in [0, 0.05) is 15.7 Å². The van der Waals surface area contributed by atoms with Crippen molar-refractivity contribution >= 4 is 21.6 Å². The van der Waals surface area contributed by atoms with E-state index in [1.165, 1.54) is 0 Å². The van der Waals surface area contributed by atoms with E-state index in [9.17, 15) is 13.2 Å². The molecule has 0 bridgehead atoms. The third-order valence-electron chi connectivity index (χ3n) is 1.72. The van der Waals surface area contributed by atoms with E-state index < -0.39 is 18.3 Å². The first-order chi connectivity index (χ1) is 6.36. The molecular formula is C8H7BrF3NO. The van der Waals surface area contributed by atoms with Gasteiger partial charge in [0.25, 0.3) is 0 Å². The summed E-state index contributed by atoms with van der Waals surface area (Å²) in [6.45, 7) is -0.398. The molecule has 2 nitrogen and oxygen atoms in total. The summed E-state index contributed by atoms with van der Waals surface area (Å²) in [4.78, 5) is 0. The van der Waals surface area contributed by atoms with Crippen molar-refractivity contribution < 1.29 is 18.3 Å². The van der Waals surface area contributed by atoms with Crippen molar-refractivity contribution in [1.29, 1.82) is 0 Å². The number of rotatable bonds is 1. The van der Waals surface area contributed by atoms with Crippen LogP contribution < -0.4 is 5.73 Å². The lowest BCUT2D eigenvalue weighted by atomic mass is 10.1. The second-order valence-corrected chi connectivity index (χ2v) is 3.54. The third kappa shape index (κ3) is 2.19. The number of aliphatic hydroxyl groups excluding tert-OH is 1. The lowest BCUT2D eigenvalue weighted by molar-refractivity contribution is -0.137. The highest BCUT2D eigenvalue weighted by molar-refractivity contribution is 9.10. The van der Waals surface area contributed by atoms with Crippen LogP contribution in [0.15, 0.2) is 16.6 Å². The van der Waals surface area contributed by atoms with Crippen LogP contribution in [-0.4, -0.2) is 5.11 Å². The van der Waals surface area contributed by atoms with Crippen molar-refractivity contribution in [2.45, 2.75) is 12.8 Å². The predicted octanol–water partition coefficient (Wildman–Crippen LogP) is 2.54. The second kappa shape index (κ2) is 3.78. The van der Waals surface area contributed by atoms with Gasteiger partial charge in [-0.05, 0) is 12.1 Å². The minimum absolute atomic E-state index is 0.0748. The van der Waals surface area contributed by atoms with E-state index >= 15 is 0 Å². The number of hydrogen-bond acceptors (Lipinski definition) is 2. The Balaban J connectivity index is 3.28. The van der Waals surface area contributed by atoms with Gasteiger partial charge < -0.3 is 10.8 Å². The summed E-state index contributed by atoms with van der Waals surface area (Å²) in [5.41, 5.74) is 4.69. The molecular weight excluding hydrogens is 263 g/mol. The van der Waals surface area contributed by atoms with Crippen LogP contribution in [0.1, 0.15) is 11.1 Å². The summed E-state index contributed by atoms with van der Waals surface area (Å²) in [5, 5.41) is 8.80. The molecule has 0 saturated carbocycles. The lowest BCUT2D eigenvalue weighted by Crippen LogP contribution is -2.07. The van der Waals surface area contributed by atoms with Gasteiger partial charge in [0.05, 0.1) is 12.2 Å². The molecule has 6 heteroatoms. The lowest BCUT2D eigenvalue weighted by Gasteiger charge is -2.11. The van der Waals surface area contributed by atoms with Gasteiger partial charge in [-0.15, -0.1) is 0 Å². The van der Waals surface area contributed by atoms with Crippen LogP contribution in [0.5, 0.6) is 0 Å². The van der Waals surface area contributed by atoms with Crippen LogP contribution in [-0.2, 0) is 12.8 Å². The highest BCUT2D eigenvalue weighted by Crippen LogP contribution is 2.34. The number of benzene rings is 1. The first-order valence-corrected chi connectivity index (χ1v) is 4.41. The molecule has 78 valence electrons. The molecule has 1 rings (SSSR count). The van der Waals surface area contributed by atoms with Gasteiger partial charge in [0.15, 0.2) is 0 Å². The number of anilines is 1. The molecule has 0 spiro atoms. The van der Waals surface area contributed by atoms with Gasteiger partial charge in [0.1, 0.15) is 0 Å². The van der Waals surface area contributed by atoms with Crippen LogP contribution in [0.2, 0.25) is 0 Å². The number of aliphatic hydroxyl groups is 1. The largest absolute Gasteiger partial charge is 0.416 e. The zero-order valence-corrected chi connectivity index (χ0v) is 8.48. The molecule has 1 aromatic rings. The first-order valence-electron chi connectivity index (χ1n) is 3.62. The SMILES string of the molecule is Nc1cc(C(F)(F)F)cc(Br)c1CO. The Hall–Kier alpha value is -0.750. The fourth-order valence-corrected chi connectivity index (χ4v) is 1.59. The second-order valence-electron chi connectivity index (χ2n) is 2.68. The quantitative estimate of drug-likeness (QED) is 0.770. The molecule has 0 heterocycles. The monoisotopic (exact) mass is 269 g/mol. The van der Waals surface area contributed by atoms with Gasteiger partial charge in [0.2, 0.25) is 0 Å². The molecule has 0 radical (unpaired) electrons. The van der Waals surface area contributed by atoms with Crippen molar-refractivity contribution in [3.05, 3.63) is 27.7 Å². The number of hydrogen-bond donors (Lipinski definition) is 2. The minimum Gasteiger partial charge on any atom is -0.398 e. The molecule has 0 fully saturated rings. The van der Waals surface area contributed by atoms with E-state index in [2.05, 4.69) is 15.9 Å². The highest BCUT2D eigenvalue weighted by Gasteiger charge is 2.31. The Morgan fingerprint density at radius 3 is 2.29 bits per heavy atom. The normalized spacial score (nSPS) is 11.8. The molecule has 0 aliphatic carbocycles. The van der Waals surface area contributed by atoms with Gasteiger partial charge in [-0.3, -0.25) is 0 Å². The van der Waals surface area contributed by atoms with Crippen molar-refractivity contribution in [3.63, 3.8) is 0 Å². The van der Waals surface area contributed by atoms with Crippen molar-refractivity contribution in [3.8, 4) is 0 Å². The molecule has 0 unspecified atom stereocenters. The molecule has 1 aromatic carbocycles. The zero-order chi connectivity index (χ0) is 10.9. The highest BCUT2D eigenvalue weighted by atomic mass is 79.9. The number of nitrogen functional groups attached to an aromatic ring is 1. The Bertz CT molecular complexity index is 328. The Morgan fingerprint density at radius 2 is 1.93 bits per heavy atom. The fraction of sp³-hybridized carbons (Fsp3) is 0.250.